The molecule has 0 bridgehead atoms. The number of ketones is 1. The number of aryl methyl sites for hydroxylation is 2. The van der Waals surface area contributed by atoms with Crippen molar-refractivity contribution in [2.24, 2.45) is 7.05 Å². The Morgan fingerprint density at radius 2 is 1.73 bits per heavy atom. The fraction of sp³-hybridized carbons (Fsp3) is 0.278. The number of carbonyl (C=O) groups is 1. The number of halogens is 2. The lowest BCUT2D eigenvalue weighted by Gasteiger charge is -2.11. The molecular formula is C18H18Cl2N4OS. The Labute approximate surface area is 166 Å². The molecular weight excluding hydrogens is 391 g/mol. The Bertz CT molecular complexity index is 973. The van der Waals surface area contributed by atoms with E-state index in [1.165, 1.54) is 11.8 Å². The molecule has 0 radical (unpaired) electrons. The zero-order valence-electron chi connectivity index (χ0n) is 14.9. The first-order valence-electron chi connectivity index (χ1n) is 7.95. The van der Waals surface area contributed by atoms with E-state index >= 15 is 0 Å². The van der Waals surface area contributed by atoms with Crippen molar-refractivity contribution in [3.8, 4) is 5.69 Å². The highest BCUT2D eigenvalue weighted by atomic mass is 35.5. The van der Waals surface area contributed by atoms with Gasteiger partial charge in [0.05, 0.1) is 5.75 Å². The van der Waals surface area contributed by atoms with E-state index in [2.05, 4.69) is 10.2 Å². The molecule has 26 heavy (non-hydrogen) atoms. The van der Waals surface area contributed by atoms with Crippen LogP contribution < -0.4 is 0 Å². The second kappa shape index (κ2) is 7.47. The van der Waals surface area contributed by atoms with Crippen LogP contribution in [-0.2, 0) is 7.05 Å². The van der Waals surface area contributed by atoms with Gasteiger partial charge in [-0.2, -0.15) is 0 Å². The highest BCUT2D eigenvalue weighted by Crippen LogP contribution is 2.27. The monoisotopic (exact) mass is 408 g/mol. The lowest BCUT2D eigenvalue weighted by molar-refractivity contribution is 0.102. The van der Waals surface area contributed by atoms with Crippen LogP contribution in [-0.4, -0.2) is 30.9 Å². The van der Waals surface area contributed by atoms with Crippen molar-refractivity contribution >= 4 is 40.7 Å². The standard InChI is InChI=1S/C18H18Cl2N4OS/c1-10-5-16(17(25)9-26-18-22-21-12(3)23(18)4)11(2)24(10)15-7-13(19)6-14(20)8-15/h5-8H,9H2,1-4H3. The maximum absolute atomic E-state index is 12.7. The molecule has 2 aromatic heterocycles. The van der Waals surface area contributed by atoms with Gasteiger partial charge in [-0.15, -0.1) is 10.2 Å². The van der Waals surface area contributed by atoms with Gasteiger partial charge < -0.3 is 9.13 Å². The average Bonchev–Trinajstić information content (AvgIpc) is 3.04. The van der Waals surface area contributed by atoms with Gasteiger partial charge in [-0.25, -0.2) is 0 Å². The van der Waals surface area contributed by atoms with E-state index in [-0.39, 0.29) is 5.78 Å². The zero-order chi connectivity index (χ0) is 19.0. The van der Waals surface area contributed by atoms with Gasteiger partial charge in [0.1, 0.15) is 5.82 Å². The van der Waals surface area contributed by atoms with Crippen LogP contribution in [0.15, 0.2) is 29.4 Å². The third-order valence-corrected chi connectivity index (χ3v) is 5.68. The number of hydrogen-bond acceptors (Lipinski definition) is 4. The Morgan fingerprint density at radius 1 is 1.08 bits per heavy atom. The summed E-state index contributed by atoms with van der Waals surface area (Å²) in [5.41, 5.74) is 3.34. The van der Waals surface area contributed by atoms with Crippen LogP contribution in [0.4, 0.5) is 0 Å². The molecule has 0 spiro atoms. The number of rotatable bonds is 5. The molecule has 0 unspecified atom stereocenters. The molecule has 0 aliphatic heterocycles. The van der Waals surface area contributed by atoms with Gasteiger partial charge in [-0.05, 0) is 45.0 Å². The maximum Gasteiger partial charge on any atom is 0.191 e. The summed E-state index contributed by atoms with van der Waals surface area (Å²) >= 11 is 13.6. The molecule has 0 N–H and O–H groups in total. The van der Waals surface area contributed by atoms with Gasteiger partial charge >= 0.3 is 0 Å². The smallest absolute Gasteiger partial charge is 0.191 e. The van der Waals surface area contributed by atoms with Crippen molar-refractivity contribution < 1.29 is 4.79 Å². The Balaban J connectivity index is 1.87. The lowest BCUT2D eigenvalue weighted by Crippen LogP contribution is -2.06. The first-order chi connectivity index (χ1) is 12.3. The van der Waals surface area contributed by atoms with Gasteiger partial charge in [0, 0.05) is 39.7 Å². The number of thioether (sulfide) groups is 1. The Hall–Kier alpha value is -1.76. The van der Waals surface area contributed by atoms with E-state index in [4.69, 9.17) is 23.2 Å². The Morgan fingerprint density at radius 3 is 2.31 bits per heavy atom. The molecule has 2 heterocycles. The normalized spacial score (nSPS) is 11.2. The van der Waals surface area contributed by atoms with Crippen molar-refractivity contribution in [3.63, 3.8) is 0 Å². The summed E-state index contributed by atoms with van der Waals surface area (Å²) in [5, 5.41) is 9.93. The Kier molecular flexibility index (Phi) is 5.46. The molecule has 5 nitrogen and oxygen atoms in total. The second-order valence-electron chi connectivity index (χ2n) is 6.05. The minimum atomic E-state index is 0.0446. The minimum absolute atomic E-state index is 0.0446. The predicted octanol–water partition coefficient (Wildman–Crippen LogP) is 4.81. The lowest BCUT2D eigenvalue weighted by atomic mass is 10.2. The number of benzene rings is 1. The molecule has 3 rings (SSSR count). The predicted molar refractivity (Wildman–Crippen MR) is 106 cm³/mol. The SMILES string of the molecule is Cc1nnc(SCC(=O)c2cc(C)n(-c3cc(Cl)cc(Cl)c3)c2C)n1C. The van der Waals surface area contributed by atoms with Crippen LogP contribution in [0.1, 0.15) is 27.6 Å². The molecule has 8 heteroatoms. The van der Waals surface area contributed by atoms with Gasteiger partial charge in [-0.1, -0.05) is 35.0 Å². The summed E-state index contributed by atoms with van der Waals surface area (Å²) < 4.78 is 3.86. The number of nitrogens with zero attached hydrogens (tertiary/aromatic N) is 4. The highest BCUT2D eigenvalue weighted by molar-refractivity contribution is 7.99. The molecule has 0 aliphatic rings. The average molecular weight is 409 g/mol. The van der Waals surface area contributed by atoms with Gasteiger partial charge in [0.2, 0.25) is 0 Å². The van der Waals surface area contributed by atoms with Gasteiger partial charge in [0.25, 0.3) is 0 Å². The van der Waals surface area contributed by atoms with E-state index in [1.807, 2.05) is 55.2 Å². The molecule has 0 atom stereocenters. The number of aromatic nitrogens is 4. The van der Waals surface area contributed by atoms with Crippen LogP contribution in [0.3, 0.4) is 0 Å². The number of carbonyl (C=O) groups excluding carboxylic acids is 1. The molecule has 0 saturated carbocycles. The largest absolute Gasteiger partial charge is 0.318 e. The third-order valence-electron chi connectivity index (χ3n) is 4.22. The van der Waals surface area contributed by atoms with E-state index in [0.29, 0.717) is 21.4 Å². The van der Waals surface area contributed by atoms with Crippen molar-refractivity contribution in [1.29, 1.82) is 0 Å². The second-order valence-corrected chi connectivity index (χ2v) is 7.86. The summed E-state index contributed by atoms with van der Waals surface area (Å²) in [4.78, 5) is 12.7. The first-order valence-corrected chi connectivity index (χ1v) is 9.69. The van der Waals surface area contributed by atoms with Crippen LogP contribution in [0.5, 0.6) is 0 Å². The topological polar surface area (TPSA) is 52.7 Å². The molecule has 136 valence electrons. The maximum atomic E-state index is 12.7. The molecule has 1 aromatic carbocycles. The van der Waals surface area contributed by atoms with Gasteiger partial charge in [-0.3, -0.25) is 4.79 Å². The van der Waals surface area contributed by atoms with E-state index in [1.54, 1.807) is 6.07 Å². The molecule has 0 aliphatic carbocycles. The molecule has 0 fully saturated rings. The number of hydrogen-bond donors (Lipinski definition) is 0. The highest BCUT2D eigenvalue weighted by Gasteiger charge is 2.18. The first kappa shape index (κ1) is 19.0. The fourth-order valence-corrected chi connectivity index (χ4v) is 4.19. The van der Waals surface area contributed by atoms with Crippen molar-refractivity contribution in [2.45, 2.75) is 25.9 Å². The quantitative estimate of drug-likeness (QED) is 0.448. The minimum Gasteiger partial charge on any atom is -0.318 e. The van der Waals surface area contributed by atoms with Crippen molar-refractivity contribution in [2.75, 3.05) is 5.75 Å². The van der Waals surface area contributed by atoms with E-state index < -0.39 is 0 Å². The fourth-order valence-electron chi connectivity index (χ4n) is 2.83. The zero-order valence-corrected chi connectivity index (χ0v) is 17.2. The van der Waals surface area contributed by atoms with Crippen molar-refractivity contribution in [3.05, 3.63) is 57.1 Å². The summed E-state index contributed by atoms with van der Waals surface area (Å²) in [6.45, 7) is 5.76. The molecule has 0 amide bonds. The summed E-state index contributed by atoms with van der Waals surface area (Å²) in [5.74, 6) is 1.16. The third kappa shape index (κ3) is 3.68. The molecule has 0 saturated heterocycles. The molecule has 3 aromatic rings. The summed E-state index contributed by atoms with van der Waals surface area (Å²) in [6, 6.07) is 7.25. The van der Waals surface area contributed by atoms with E-state index in [0.717, 1.165) is 28.1 Å². The van der Waals surface area contributed by atoms with Crippen molar-refractivity contribution in [1.82, 2.24) is 19.3 Å². The van der Waals surface area contributed by atoms with Crippen LogP contribution >= 0.6 is 35.0 Å². The number of Topliss-reactive ketones (excluding diaryl/α,β-unsaturated/α-hetero) is 1. The summed E-state index contributed by atoms with van der Waals surface area (Å²) in [7, 11) is 1.89. The van der Waals surface area contributed by atoms with E-state index in [9.17, 15) is 4.79 Å². The van der Waals surface area contributed by atoms with Crippen LogP contribution in [0, 0.1) is 20.8 Å². The summed E-state index contributed by atoms with van der Waals surface area (Å²) in [6.07, 6.45) is 0. The van der Waals surface area contributed by atoms with Gasteiger partial charge in [0.15, 0.2) is 10.9 Å². The van der Waals surface area contributed by atoms with Crippen LogP contribution in [0.25, 0.3) is 5.69 Å². The van der Waals surface area contributed by atoms with Crippen LogP contribution in [0.2, 0.25) is 10.0 Å².